The van der Waals surface area contributed by atoms with Gasteiger partial charge < -0.3 is 0 Å². The number of aryl methyl sites for hydroxylation is 1. The van der Waals surface area contributed by atoms with E-state index in [1.54, 1.807) is 12.4 Å². The standard InChI is InChI=1S/C21H22ClN3OS/c1-14-7-8-17(22)19-18(14)24-21(27-19)25(13-15-9-11-23-12-10-15)20(26)16-5-3-2-4-6-16/h7-12,16H,2-6,13H2,1H3. The van der Waals surface area contributed by atoms with Crippen molar-refractivity contribution in [3.8, 4) is 0 Å². The van der Waals surface area contributed by atoms with Crippen molar-refractivity contribution < 1.29 is 4.79 Å². The second-order valence-corrected chi connectivity index (χ2v) is 8.54. The van der Waals surface area contributed by atoms with Crippen molar-refractivity contribution in [3.05, 3.63) is 52.8 Å². The number of aromatic nitrogens is 2. The third kappa shape index (κ3) is 3.85. The number of halogens is 1. The summed E-state index contributed by atoms with van der Waals surface area (Å²) >= 11 is 7.90. The maximum absolute atomic E-state index is 13.4. The predicted octanol–water partition coefficient (Wildman–Crippen LogP) is 5.77. The van der Waals surface area contributed by atoms with Gasteiger partial charge in [0.05, 0.1) is 21.8 Å². The fourth-order valence-electron chi connectivity index (χ4n) is 3.69. The molecule has 1 saturated carbocycles. The number of carbonyl (C=O) groups is 1. The van der Waals surface area contributed by atoms with Crippen LogP contribution in [0.1, 0.15) is 43.2 Å². The summed E-state index contributed by atoms with van der Waals surface area (Å²) in [6.45, 7) is 2.53. The van der Waals surface area contributed by atoms with Gasteiger partial charge in [0.25, 0.3) is 0 Å². The molecule has 4 rings (SSSR count). The largest absolute Gasteiger partial charge is 0.283 e. The number of thiazole rings is 1. The SMILES string of the molecule is Cc1ccc(Cl)c2sc(N(Cc3ccncc3)C(=O)C3CCCCC3)nc12. The molecule has 1 aliphatic rings. The summed E-state index contributed by atoms with van der Waals surface area (Å²) in [7, 11) is 0. The van der Waals surface area contributed by atoms with Crippen molar-refractivity contribution in [1.82, 2.24) is 9.97 Å². The van der Waals surface area contributed by atoms with Crippen LogP contribution in [0.3, 0.4) is 0 Å². The first kappa shape index (κ1) is 18.4. The normalized spacial score (nSPS) is 15.2. The van der Waals surface area contributed by atoms with Crippen LogP contribution in [-0.2, 0) is 11.3 Å². The van der Waals surface area contributed by atoms with Crippen LogP contribution in [-0.4, -0.2) is 15.9 Å². The highest BCUT2D eigenvalue weighted by molar-refractivity contribution is 7.23. The van der Waals surface area contributed by atoms with Crippen molar-refractivity contribution in [2.45, 2.75) is 45.6 Å². The van der Waals surface area contributed by atoms with Crippen molar-refractivity contribution in [3.63, 3.8) is 0 Å². The van der Waals surface area contributed by atoms with Gasteiger partial charge in [-0.15, -0.1) is 0 Å². The molecule has 0 aliphatic heterocycles. The van der Waals surface area contributed by atoms with E-state index in [1.165, 1.54) is 17.8 Å². The van der Waals surface area contributed by atoms with Gasteiger partial charge in [0, 0.05) is 18.3 Å². The van der Waals surface area contributed by atoms with E-state index < -0.39 is 0 Å². The van der Waals surface area contributed by atoms with Crippen molar-refractivity contribution in [1.29, 1.82) is 0 Å². The van der Waals surface area contributed by atoms with Crippen LogP contribution >= 0.6 is 22.9 Å². The Bertz CT molecular complexity index is 912. The molecular weight excluding hydrogens is 378 g/mol. The third-order valence-electron chi connectivity index (χ3n) is 5.23. The molecule has 0 spiro atoms. The lowest BCUT2D eigenvalue weighted by Gasteiger charge is -2.27. The highest BCUT2D eigenvalue weighted by atomic mass is 35.5. The van der Waals surface area contributed by atoms with E-state index in [0.717, 1.165) is 52.2 Å². The summed E-state index contributed by atoms with van der Waals surface area (Å²) in [5.41, 5.74) is 3.01. The third-order valence-corrected chi connectivity index (χ3v) is 6.77. The van der Waals surface area contributed by atoms with Crippen LogP contribution in [0.2, 0.25) is 5.02 Å². The maximum Gasteiger partial charge on any atom is 0.232 e. The van der Waals surface area contributed by atoms with Crippen molar-refractivity contribution >= 4 is 44.2 Å². The van der Waals surface area contributed by atoms with Crippen LogP contribution in [0.4, 0.5) is 5.13 Å². The average molecular weight is 400 g/mol. The molecule has 1 aliphatic carbocycles. The second kappa shape index (κ2) is 7.95. The van der Waals surface area contributed by atoms with Crippen LogP contribution in [0.15, 0.2) is 36.7 Å². The number of hydrogen-bond acceptors (Lipinski definition) is 4. The Balaban J connectivity index is 1.74. The molecular formula is C21H22ClN3OS. The highest BCUT2D eigenvalue weighted by Gasteiger charge is 2.29. The van der Waals surface area contributed by atoms with Crippen LogP contribution in [0.5, 0.6) is 0 Å². The molecule has 140 valence electrons. The monoisotopic (exact) mass is 399 g/mol. The number of benzene rings is 1. The molecule has 1 fully saturated rings. The Kier molecular flexibility index (Phi) is 5.41. The smallest absolute Gasteiger partial charge is 0.232 e. The molecule has 0 bridgehead atoms. The lowest BCUT2D eigenvalue weighted by molar-refractivity contribution is -0.123. The first-order valence-corrected chi connectivity index (χ1v) is 10.6. The Hall–Kier alpha value is -1.98. The summed E-state index contributed by atoms with van der Waals surface area (Å²) in [6.07, 6.45) is 8.95. The number of nitrogens with zero attached hydrogens (tertiary/aromatic N) is 3. The van der Waals surface area contributed by atoms with Gasteiger partial charge in [0.1, 0.15) is 0 Å². The van der Waals surface area contributed by atoms with Crippen LogP contribution in [0.25, 0.3) is 10.2 Å². The molecule has 27 heavy (non-hydrogen) atoms. The number of hydrogen-bond donors (Lipinski definition) is 0. The van der Waals surface area contributed by atoms with Crippen LogP contribution < -0.4 is 4.90 Å². The maximum atomic E-state index is 13.4. The van der Waals surface area contributed by atoms with E-state index in [4.69, 9.17) is 16.6 Å². The Morgan fingerprint density at radius 2 is 1.93 bits per heavy atom. The number of fused-ring (bicyclic) bond motifs is 1. The Labute approximate surface area is 168 Å². The summed E-state index contributed by atoms with van der Waals surface area (Å²) in [5, 5.41) is 1.42. The van der Waals surface area contributed by atoms with Gasteiger partial charge in [0.15, 0.2) is 5.13 Å². The van der Waals surface area contributed by atoms with Gasteiger partial charge in [-0.3, -0.25) is 14.7 Å². The Morgan fingerprint density at radius 1 is 1.19 bits per heavy atom. The Morgan fingerprint density at radius 3 is 2.63 bits per heavy atom. The molecule has 0 unspecified atom stereocenters. The van der Waals surface area contributed by atoms with Gasteiger partial charge in [-0.05, 0) is 49.1 Å². The zero-order valence-corrected chi connectivity index (χ0v) is 16.9. The van der Waals surface area contributed by atoms with E-state index in [2.05, 4.69) is 4.98 Å². The summed E-state index contributed by atoms with van der Waals surface area (Å²) in [4.78, 5) is 24.1. The average Bonchev–Trinajstić information content (AvgIpc) is 3.16. The highest BCUT2D eigenvalue weighted by Crippen LogP contribution is 2.37. The number of rotatable bonds is 4. The molecule has 0 atom stereocenters. The zero-order chi connectivity index (χ0) is 18.8. The minimum Gasteiger partial charge on any atom is -0.283 e. The molecule has 3 aromatic rings. The number of amides is 1. The molecule has 2 heterocycles. The minimum absolute atomic E-state index is 0.0872. The summed E-state index contributed by atoms with van der Waals surface area (Å²) < 4.78 is 0.947. The number of anilines is 1. The fourth-order valence-corrected chi connectivity index (χ4v) is 5.01. The summed E-state index contributed by atoms with van der Waals surface area (Å²) in [5.74, 6) is 0.267. The molecule has 1 aromatic carbocycles. The number of pyridine rings is 1. The van der Waals surface area contributed by atoms with Crippen molar-refractivity contribution in [2.75, 3.05) is 4.90 Å². The summed E-state index contributed by atoms with van der Waals surface area (Å²) in [6, 6.07) is 7.78. The van der Waals surface area contributed by atoms with Gasteiger partial charge in [-0.25, -0.2) is 4.98 Å². The molecule has 2 aromatic heterocycles. The first-order chi connectivity index (χ1) is 13.1. The molecule has 1 amide bonds. The predicted molar refractivity (Wildman–Crippen MR) is 111 cm³/mol. The molecule has 6 heteroatoms. The van der Waals surface area contributed by atoms with E-state index >= 15 is 0 Å². The van der Waals surface area contributed by atoms with Gasteiger partial charge in [-0.2, -0.15) is 0 Å². The molecule has 0 radical (unpaired) electrons. The minimum atomic E-state index is 0.0872. The van der Waals surface area contributed by atoms with E-state index in [9.17, 15) is 4.79 Å². The topological polar surface area (TPSA) is 46.1 Å². The zero-order valence-electron chi connectivity index (χ0n) is 15.3. The first-order valence-electron chi connectivity index (χ1n) is 9.39. The second-order valence-electron chi connectivity index (χ2n) is 7.15. The van der Waals surface area contributed by atoms with Crippen molar-refractivity contribution in [2.24, 2.45) is 5.92 Å². The number of carbonyl (C=O) groups excluding carboxylic acids is 1. The van der Waals surface area contributed by atoms with E-state index in [0.29, 0.717) is 11.6 Å². The van der Waals surface area contributed by atoms with Gasteiger partial charge >= 0.3 is 0 Å². The van der Waals surface area contributed by atoms with E-state index in [-0.39, 0.29) is 11.8 Å². The fraction of sp³-hybridized carbons (Fsp3) is 0.381. The molecule has 0 N–H and O–H groups in total. The van der Waals surface area contributed by atoms with E-state index in [1.807, 2.05) is 36.1 Å². The van der Waals surface area contributed by atoms with Gasteiger partial charge in [-0.1, -0.05) is 48.3 Å². The molecule has 0 saturated heterocycles. The molecule has 4 nitrogen and oxygen atoms in total. The van der Waals surface area contributed by atoms with Gasteiger partial charge in [0.2, 0.25) is 5.91 Å². The lowest BCUT2D eigenvalue weighted by atomic mass is 9.88. The lowest BCUT2D eigenvalue weighted by Crippen LogP contribution is -2.36. The van der Waals surface area contributed by atoms with Crippen LogP contribution in [0, 0.1) is 12.8 Å². The quantitative estimate of drug-likeness (QED) is 0.559.